The zero-order valence-electron chi connectivity index (χ0n) is 11.1. The number of hydrogen-bond acceptors (Lipinski definition) is 1. The van der Waals surface area contributed by atoms with Crippen LogP contribution in [0.15, 0.2) is 4.99 Å². The van der Waals surface area contributed by atoms with Crippen molar-refractivity contribution in [3.05, 3.63) is 0 Å². The lowest BCUT2D eigenvalue weighted by molar-refractivity contribution is 0.368. The highest BCUT2D eigenvalue weighted by Crippen LogP contribution is 2.20. The molecule has 0 aromatic carbocycles. The van der Waals surface area contributed by atoms with Crippen molar-refractivity contribution in [2.75, 3.05) is 19.6 Å². The molecule has 0 rings (SSSR count). The first-order valence-electron chi connectivity index (χ1n) is 5.95. The molecule has 16 heavy (non-hydrogen) atoms. The molecule has 0 saturated heterocycles. The monoisotopic (exact) mass is 223 g/mol. The molecule has 0 spiro atoms. The van der Waals surface area contributed by atoms with E-state index < -0.39 is 0 Å². The van der Waals surface area contributed by atoms with E-state index in [9.17, 15) is 0 Å². The van der Waals surface area contributed by atoms with Crippen molar-refractivity contribution in [1.29, 1.82) is 0 Å². The van der Waals surface area contributed by atoms with Crippen molar-refractivity contribution in [2.24, 2.45) is 10.4 Å². The second-order valence-electron chi connectivity index (χ2n) is 4.98. The Balaban J connectivity index is 3.90. The number of hydrogen-bond donors (Lipinski definition) is 2. The van der Waals surface area contributed by atoms with Gasteiger partial charge in [-0.05, 0) is 25.2 Å². The number of guanidine groups is 1. The molecule has 3 heteroatoms. The van der Waals surface area contributed by atoms with Gasteiger partial charge in [0.05, 0.1) is 6.54 Å². The van der Waals surface area contributed by atoms with Crippen molar-refractivity contribution in [2.45, 2.75) is 40.5 Å². The van der Waals surface area contributed by atoms with Gasteiger partial charge in [-0.3, -0.25) is 4.99 Å². The van der Waals surface area contributed by atoms with Gasteiger partial charge in [0, 0.05) is 13.1 Å². The number of aliphatic imine (C=N–C) groups is 1. The fourth-order valence-electron chi connectivity index (χ4n) is 1.28. The molecule has 0 atom stereocenters. The minimum absolute atomic E-state index is 0.389. The smallest absolute Gasteiger partial charge is 0.192 e. The van der Waals surface area contributed by atoms with E-state index in [1.165, 1.54) is 6.42 Å². The fraction of sp³-hybridized carbons (Fsp3) is 0.769. The highest BCUT2D eigenvalue weighted by atomic mass is 15.2. The van der Waals surface area contributed by atoms with E-state index in [-0.39, 0.29) is 0 Å². The second kappa shape index (κ2) is 8.04. The van der Waals surface area contributed by atoms with E-state index in [4.69, 9.17) is 6.42 Å². The predicted molar refractivity (Wildman–Crippen MR) is 71.5 cm³/mol. The van der Waals surface area contributed by atoms with Gasteiger partial charge >= 0.3 is 0 Å². The van der Waals surface area contributed by atoms with E-state index in [1.807, 2.05) is 6.92 Å². The van der Waals surface area contributed by atoms with Crippen LogP contribution in [0.2, 0.25) is 0 Å². The van der Waals surface area contributed by atoms with Gasteiger partial charge in [-0.15, -0.1) is 6.42 Å². The Morgan fingerprint density at radius 2 is 2.00 bits per heavy atom. The third kappa shape index (κ3) is 9.39. The standard InChI is InChI=1S/C13H25N3/c1-6-10-15-12(14-7-2)16-11-8-9-13(3,4)5/h1H,7-11H2,2-5H3,(H2,14,15,16). The third-order valence-corrected chi connectivity index (χ3v) is 2.06. The molecule has 0 saturated carbocycles. The fourth-order valence-corrected chi connectivity index (χ4v) is 1.28. The van der Waals surface area contributed by atoms with Crippen LogP contribution in [0.4, 0.5) is 0 Å². The summed E-state index contributed by atoms with van der Waals surface area (Å²) < 4.78 is 0. The maximum Gasteiger partial charge on any atom is 0.192 e. The lowest BCUT2D eigenvalue weighted by atomic mass is 9.91. The Bertz CT molecular complexity index is 243. The van der Waals surface area contributed by atoms with Crippen molar-refractivity contribution >= 4 is 5.96 Å². The summed E-state index contributed by atoms with van der Waals surface area (Å²) in [4.78, 5) is 4.45. The lowest BCUT2D eigenvalue weighted by Crippen LogP contribution is -2.37. The van der Waals surface area contributed by atoms with Crippen LogP contribution >= 0.6 is 0 Å². The Hall–Kier alpha value is -1.17. The van der Waals surface area contributed by atoms with E-state index in [0.29, 0.717) is 12.0 Å². The zero-order valence-corrected chi connectivity index (χ0v) is 11.1. The molecule has 0 aliphatic heterocycles. The summed E-state index contributed by atoms with van der Waals surface area (Å²) in [5, 5.41) is 6.23. The minimum Gasteiger partial charge on any atom is -0.357 e. The van der Waals surface area contributed by atoms with Crippen LogP contribution in [0.5, 0.6) is 0 Å². The second-order valence-corrected chi connectivity index (χ2v) is 4.98. The van der Waals surface area contributed by atoms with Crippen LogP contribution in [0.1, 0.15) is 40.5 Å². The summed E-state index contributed by atoms with van der Waals surface area (Å²) in [6, 6.07) is 0. The largest absolute Gasteiger partial charge is 0.357 e. The number of nitrogens with zero attached hydrogens (tertiary/aromatic N) is 1. The molecular formula is C13H25N3. The average molecular weight is 223 g/mol. The highest BCUT2D eigenvalue weighted by Gasteiger charge is 2.08. The van der Waals surface area contributed by atoms with Crippen LogP contribution in [0.25, 0.3) is 0 Å². The van der Waals surface area contributed by atoms with Crippen LogP contribution in [0, 0.1) is 17.8 Å². The topological polar surface area (TPSA) is 36.4 Å². The van der Waals surface area contributed by atoms with E-state index in [1.54, 1.807) is 0 Å². The van der Waals surface area contributed by atoms with Crippen LogP contribution < -0.4 is 10.6 Å². The summed E-state index contributed by atoms with van der Waals surface area (Å²) in [5.74, 6) is 3.35. The first-order chi connectivity index (χ1) is 7.49. The van der Waals surface area contributed by atoms with Crippen LogP contribution in [0.3, 0.4) is 0 Å². The molecule has 0 amide bonds. The molecule has 0 aliphatic rings. The van der Waals surface area contributed by atoms with Crippen LogP contribution in [-0.4, -0.2) is 25.6 Å². The quantitative estimate of drug-likeness (QED) is 0.324. The van der Waals surface area contributed by atoms with E-state index >= 15 is 0 Å². The van der Waals surface area contributed by atoms with Crippen molar-refractivity contribution < 1.29 is 0 Å². The maximum absolute atomic E-state index is 5.19. The minimum atomic E-state index is 0.389. The predicted octanol–water partition coefficient (Wildman–Crippen LogP) is 2.00. The molecule has 2 N–H and O–H groups in total. The van der Waals surface area contributed by atoms with Gasteiger partial charge in [0.15, 0.2) is 5.96 Å². The first kappa shape index (κ1) is 14.8. The Labute approximate surface area is 100 Å². The van der Waals surface area contributed by atoms with Gasteiger partial charge < -0.3 is 10.6 Å². The van der Waals surface area contributed by atoms with E-state index in [2.05, 4.69) is 42.3 Å². The molecule has 3 nitrogen and oxygen atoms in total. The van der Waals surface area contributed by atoms with Gasteiger partial charge in [0.1, 0.15) is 0 Å². The molecule has 0 fully saturated rings. The molecule has 0 aliphatic carbocycles. The molecule has 0 bridgehead atoms. The number of terminal acetylenes is 1. The molecule has 92 valence electrons. The zero-order chi connectivity index (χ0) is 12.4. The van der Waals surface area contributed by atoms with Gasteiger partial charge in [-0.1, -0.05) is 26.7 Å². The SMILES string of the molecule is C#CCNC(=NCCCC(C)(C)C)NCC. The van der Waals surface area contributed by atoms with Gasteiger partial charge in [0.25, 0.3) is 0 Å². The van der Waals surface area contributed by atoms with E-state index in [0.717, 1.165) is 25.5 Å². The molecule has 0 radical (unpaired) electrons. The first-order valence-corrected chi connectivity index (χ1v) is 5.95. The summed E-state index contributed by atoms with van der Waals surface area (Å²) in [6.45, 7) is 11.0. The van der Waals surface area contributed by atoms with Gasteiger partial charge in [-0.25, -0.2) is 0 Å². The third-order valence-electron chi connectivity index (χ3n) is 2.06. The highest BCUT2D eigenvalue weighted by molar-refractivity contribution is 5.79. The summed E-state index contributed by atoms with van der Waals surface area (Å²) in [6.07, 6.45) is 7.48. The average Bonchev–Trinajstić information content (AvgIpc) is 2.19. The van der Waals surface area contributed by atoms with Gasteiger partial charge in [0.2, 0.25) is 0 Å². The Morgan fingerprint density at radius 1 is 1.31 bits per heavy atom. The summed E-state index contributed by atoms with van der Waals surface area (Å²) >= 11 is 0. The lowest BCUT2D eigenvalue weighted by Gasteiger charge is -2.17. The molecule has 0 aromatic rings. The molecule has 0 aromatic heterocycles. The van der Waals surface area contributed by atoms with Crippen molar-refractivity contribution in [3.63, 3.8) is 0 Å². The van der Waals surface area contributed by atoms with Crippen molar-refractivity contribution in [1.82, 2.24) is 10.6 Å². The Kier molecular flexibility index (Phi) is 7.45. The number of nitrogens with one attached hydrogen (secondary N) is 2. The summed E-state index contributed by atoms with van der Waals surface area (Å²) in [5.41, 5.74) is 0.389. The summed E-state index contributed by atoms with van der Waals surface area (Å²) in [7, 11) is 0. The number of rotatable bonds is 5. The molecule has 0 heterocycles. The molecule has 0 unspecified atom stereocenters. The van der Waals surface area contributed by atoms with Crippen LogP contribution in [-0.2, 0) is 0 Å². The van der Waals surface area contributed by atoms with Crippen molar-refractivity contribution in [3.8, 4) is 12.3 Å². The molecular weight excluding hydrogens is 198 g/mol. The maximum atomic E-state index is 5.19. The normalized spacial score (nSPS) is 12.1. The Morgan fingerprint density at radius 3 is 2.50 bits per heavy atom. The van der Waals surface area contributed by atoms with Gasteiger partial charge in [-0.2, -0.15) is 0 Å².